The first-order chi connectivity index (χ1) is 11.3. The van der Waals surface area contributed by atoms with Crippen LogP contribution in [-0.4, -0.2) is 19.3 Å². The van der Waals surface area contributed by atoms with Gasteiger partial charge in [-0.05, 0) is 36.6 Å². The van der Waals surface area contributed by atoms with E-state index in [1.165, 1.54) is 11.1 Å². The van der Waals surface area contributed by atoms with Crippen molar-refractivity contribution in [3.8, 4) is 11.5 Å². The molecule has 0 saturated heterocycles. The zero-order valence-corrected chi connectivity index (χ0v) is 14.3. The van der Waals surface area contributed by atoms with Gasteiger partial charge in [0.05, 0.1) is 0 Å². The molecule has 3 nitrogen and oxygen atoms in total. The first-order valence-corrected chi connectivity index (χ1v) is 8.47. The van der Waals surface area contributed by atoms with Crippen LogP contribution in [0.5, 0.6) is 11.5 Å². The molecule has 2 aromatic rings. The second kappa shape index (κ2) is 9.21. The molecular weight excluding hydrogens is 286 g/mol. The topological polar surface area (TPSA) is 30.5 Å². The van der Waals surface area contributed by atoms with E-state index in [1.54, 1.807) is 0 Å². The first kappa shape index (κ1) is 17.4. The van der Waals surface area contributed by atoms with Gasteiger partial charge in [-0.2, -0.15) is 0 Å². The molecule has 1 heterocycles. The van der Waals surface area contributed by atoms with Crippen LogP contribution in [0.3, 0.4) is 0 Å². The summed E-state index contributed by atoms with van der Waals surface area (Å²) in [6, 6.07) is 17.1. The summed E-state index contributed by atoms with van der Waals surface area (Å²) in [6.45, 7) is 8.38. The zero-order chi connectivity index (χ0) is 16.5. The average Bonchev–Trinajstić information content (AvgIpc) is 2.62. The number of hydrogen-bond acceptors (Lipinski definition) is 3. The number of benzene rings is 2. The van der Waals surface area contributed by atoms with Gasteiger partial charge < -0.3 is 14.8 Å². The summed E-state index contributed by atoms with van der Waals surface area (Å²) in [7, 11) is 0. The van der Waals surface area contributed by atoms with E-state index >= 15 is 0 Å². The highest BCUT2D eigenvalue weighted by molar-refractivity contribution is 5.44. The number of hydrogen-bond donors (Lipinski definition) is 1. The fourth-order valence-corrected chi connectivity index (χ4v) is 2.53. The van der Waals surface area contributed by atoms with Crippen LogP contribution < -0.4 is 14.8 Å². The molecule has 23 heavy (non-hydrogen) atoms. The smallest absolute Gasteiger partial charge is 0.161 e. The van der Waals surface area contributed by atoms with Gasteiger partial charge in [0, 0.05) is 12.6 Å². The Morgan fingerprint density at radius 1 is 0.913 bits per heavy atom. The minimum absolute atomic E-state index is 0.410. The number of fused-ring (bicyclic) bond motifs is 1. The Morgan fingerprint density at radius 3 is 2.35 bits per heavy atom. The molecule has 3 rings (SSSR count). The Balaban J connectivity index is 0.000000924. The SMILES string of the molecule is CC.CC(Cc1ccc2c(c1)OCCO2)NCc1ccccc1. The minimum Gasteiger partial charge on any atom is -0.486 e. The molecule has 3 heteroatoms. The summed E-state index contributed by atoms with van der Waals surface area (Å²) >= 11 is 0. The van der Waals surface area contributed by atoms with E-state index in [1.807, 2.05) is 26.0 Å². The number of rotatable bonds is 5. The van der Waals surface area contributed by atoms with Crippen molar-refractivity contribution in [1.82, 2.24) is 5.32 Å². The Bertz CT molecular complexity index is 583. The molecule has 0 saturated carbocycles. The Morgan fingerprint density at radius 2 is 1.61 bits per heavy atom. The lowest BCUT2D eigenvalue weighted by Crippen LogP contribution is -2.27. The molecule has 0 radical (unpaired) electrons. The summed E-state index contributed by atoms with van der Waals surface area (Å²) in [5.74, 6) is 1.73. The molecule has 1 aliphatic rings. The summed E-state index contributed by atoms with van der Waals surface area (Å²) in [6.07, 6.45) is 0.976. The Kier molecular flexibility index (Phi) is 6.95. The molecule has 0 aromatic heterocycles. The van der Waals surface area contributed by atoms with Crippen molar-refractivity contribution in [3.63, 3.8) is 0 Å². The molecular formula is C20H27NO2. The fourth-order valence-electron chi connectivity index (χ4n) is 2.53. The lowest BCUT2D eigenvalue weighted by atomic mass is 10.1. The van der Waals surface area contributed by atoms with E-state index in [0.29, 0.717) is 19.3 Å². The van der Waals surface area contributed by atoms with Crippen LogP contribution in [0, 0.1) is 0 Å². The monoisotopic (exact) mass is 313 g/mol. The standard InChI is InChI=1S/C18H21NO2.C2H6/c1-14(19-13-15-5-3-2-4-6-15)11-16-7-8-17-18(12-16)21-10-9-20-17;1-2/h2-8,12,14,19H,9-11,13H2,1H3;1-2H3. The second-order valence-electron chi connectivity index (χ2n) is 5.45. The molecule has 1 unspecified atom stereocenters. The van der Waals surface area contributed by atoms with E-state index in [0.717, 1.165) is 24.5 Å². The van der Waals surface area contributed by atoms with E-state index in [2.05, 4.69) is 48.6 Å². The van der Waals surface area contributed by atoms with Crippen molar-refractivity contribution in [2.24, 2.45) is 0 Å². The van der Waals surface area contributed by atoms with Crippen molar-refractivity contribution >= 4 is 0 Å². The van der Waals surface area contributed by atoms with Gasteiger partial charge in [0.1, 0.15) is 13.2 Å². The van der Waals surface area contributed by atoms with Crippen molar-refractivity contribution in [2.75, 3.05) is 13.2 Å². The Labute approximate surface area is 139 Å². The van der Waals surface area contributed by atoms with Crippen molar-refractivity contribution in [3.05, 3.63) is 59.7 Å². The van der Waals surface area contributed by atoms with E-state index < -0.39 is 0 Å². The van der Waals surface area contributed by atoms with Crippen LogP contribution in [0.15, 0.2) is 48.5 Å². The van der Waals surface area contributed by atoms with Crippen LogP contribution in [0.25, 0.3) is 0 Å². The maximum absolute atomic E-state index is 5.63. The van der Waals surface area contributed by atoms with Gasteiger partial charge in [-0.25, -0.2) is 0 Å². The molecule has 0 bridgehead atoms. The molecule has 0 aliphatic carbocycles. The Hall–Kier alpha value is -2.00. The predicted molar refractivity (Wildman–Crippen MR) is 95.2 cm³/mol. The molecule has 1 N–H and O–H groups in total. The third kappa shape index (κ3) is 5.29. The van der Waals surface area contributed by atoms with Crippen molar-refractivity contribution in [2.45, 2.75) is 39.8 Å². The molecule has 1 atom stereocenters. The maximum Gasteiger partial charge on any atom is 0.161 e. The van der Waals surface area contributed by atoms with Crippen molar-refractivity contribution < 1.29 is 9.47 Å². The van der Waals surface area contributed by atoms with Gasteiger partial charge >= 0.3 is 0 Å². The summed E-state index contributed by atoms with van der Waals surface area (Å²) in [5.41, 5.74) is 2.58. The number of nitrogens with one attached hydrogen (secondary N) is 1. The maximum atomic E-state index is 5.63. The van der Waals surface area contributed by atoms with Crippen LogP contribution in [0.1, 0.15) is 31.9 Å². The lowest BCUT2D eigenvalue weighted by molar-refractivity contribution is 0.171. The summed E-state index contributed by atoms with van der Waals surface area (Å²) < 4.78 is 11.2. The zero-order valence-electron chi connectivity index (χ0n) is 14.3. The predicted octanol–water partition coefficient (Wildman–Crippen LogP) is 4.20. The van der Waals surface area contributed by atoms with Gasteiger partial charge in [-0.3, -0.25) is 0 Å². The third-order valence-corrected chi connectivity index (χ3v) is 3.65. The van der Waals surface area contributed by atoms with E-state index in [4.69, 9.17) is 9.47 Å². The molecule has 124 valence electrons. The largest absolute Gasteiger partial charge is 0.486 e. The normalized spacial score (nSPS) is 13.7. The van der Waals surface area contributed by atoms with Gasteiger partial charge in [0.25, 0.3) is 0 Å². The van der Waals surface area contributed by atoms with Crippen LogP contribution in [-0.2, 0) is 13.0 Å². The molecule has 1 aliphatic heterocycles. The highest BCUT2D eigenvalue weighted by atomic mass is 16.6. The highest BCUT2D eigenvalue weighted by Crippen LogP contribution is 2.31. The van der Waals surface area contributed by atoms with Gasteiger partial charge in [0.2, 0.25) is 0 Å². The van der Waals surface area contributed by atoms with Crippen LogP contribution >= 0.6 is 0 Å². The second-order valence-corrected chi connectivity index (χ2v) is 5.45. The summed E-state index contributed by atoms with van der Waals surface area (Å²) in [5, 5.41) is 3.56. The molecule has 0 amide bonds. The minimum atomic E-state index is 0.410. The van der Waals surface area contributed by atoms with Crippen LogP contribution in [0.2, 0.25) is 0 Å². The lowest BCUT2D eigenvalue weighted by Gasteiger charge is -2.20. The van der Waals surface area contributed by atoms with Gasteiger partial charge in [-0.1, -0.05) is 50.2 Å². The van der Waals surface area contributed by atoms with Gasteiger partial charge in [-0.15, -0.1) is 0 Å². The summed E-state index contributed by atoms with van der Waals surface area (Å²) in [4.78, 5) is 0. The average molecular weight is 313 g/mol. The quantitative estimate of drug-likeness (QED) is 0.897. The first-order valence-electron chi connectivity index (χ1n) is 8.47. The fraction of sp³-hybridized carbons (Fsp3) is 0.400. The molecule has 0 fully saturated rings. The van der Waals surface area contributed by atoms with Crippen LogP contribution in [0.4, 0.5) is 0 Å². The highest BCUT2D eigenvalue weighted by Gasteiger charge is 2.12. The molecule has 2 aromatic carbocycles. The third-order valence-electron chi connectivity index (χ3n) is 3.65. The van der Waals surface area contributed by atoms with Gasteiger partial charge in [0.15, 0.2) is 11.5 Å². The number of ether oxygens (including phenoxy) is 2. The van der Waals surface area contributed by atoms with E-state index in [-0.39, 0.29) is 0 Å². The van der Waals surface area contributed by atoms with E-state index in [9.17, 15) is 0 Å². The van der Waals surface area contributed by atoms with Crippen molar-refractivity contribution in [1.29, 1.82) is 0 Å². The molecule has 0 spiro atoms.